The van der Waals surface area contributed by atoms with Crippen molar-refractivity contribution in [2.24, 2.45) is 0 Å². The van der Waals surface area contributed by atoms with Crippen LogP contribution in [0.15, 0.2) is 41.3 Å². The Balaban J connectivity index is 1.96. The Morgan fingerprint density at radius 2 is 1.75 bits per heavy atom. The van der Waals surface area contributed by atoms with Crippen molar-refractivity contribution in [1.82, 2.24) is 4.90 Å². The average Bonchev–Trinajstić information content (AvgIpc) is 3.16. The third-order valence-corrected chi connectivity index (χ3v) is 6.19. The molecule has 3 rings (SSSR count). The molecule has 2 amide bonds. The second-order valence-electron chi connectivity index (χ2n) is 6.86. The fraction of sp³-hybridized carbons (Fsp3) is 0.300. The summed E-state index contributed by atoms with van der Waals surface area (Å²) in [5, 5.41) is 2.88. The van der Waals surface area contributed by atoms with Gasteiger partial charge in [-0.15, -0.1) is 0 Å². The number of carbonyl (C=O) groups excluding carboxylic acids is 2. The van der Waals surface area contributed by atoms with Gasteiger partial charge in [0, 0.05) is 19.3 Å². The van der Waals surface area contributed by atoms with Gasteiger partial charge in [-0.3, -0.25) is 9.59 Å². The number of benzene rings is 2. The maximum Gasteiger partial charge on any atom is 0.257 e. The van der Waals surface area contributed by atoms with E-state index in [9.17, 15) is 18.0 Å². The van der Waals surface area contributed by atoms with Gasteiger partial charge in [0.05, 0.1) is 26.7 Å². The summed E-state index contributed by atoms with van der Waals surface area (Å²) < 4.78 is 23.6. The number of rotatable bonds is 4. The first kappa shape index (κ1) is 20.4. The first-order valence-electron chi connectivity index (χ1n) is 8.88. The smallest absolute Gasteiger partial charge is 0.257 e. The van der Waals surface area contributed by atoms with Gasteiger partial charge >= 0.3 is 0 Å². The summed E-state index contributed by atoms with van der Waals surface area (Å²) >= 11 is 6.12. The summed E-state index contributed by atoms with van der Waals surface area (Å²) in [5.74, 6) is -0.701. The Bertz CT molecular complexity index is 1040. The van der Waals surface area contributed by atoms with Crippen molar-refractivity contribution in [2.75, 3.05) is 24.7 Å². The molecule has 1 aliphatic heterocycles. The number of para-hydroxylation sites is 1. The molecule has 0 atom stereocenters. The Morgan fingerprint density at radius 3 is 2.39 bits per heavy atom. The average molecular weight is 421 g/mol. The quantitative estimate of drug-likeness (QED) is 0.819. The Labute approximate surface area is 169 Å². The number of hydrogen-bond acceptors (Lipinski definition) is 4. The van der Waals surface area contributed by atoms with Gasteiger partial charge in [0.25, 0.3) is 11.8 Å². The zero-order valence-corrected chi connectivity index (χ0v) is 17.2. The minimum Gasteiger partial charge on any atom is -0.339 e. The molecule has 0 bridgehead atoms. The van der Waals surface area contributed by atoms with Crippen molar-refractivity contribution in [3.05, 3.63) is 58.1 Å². The minimum atomic E-state index is -3.49. The van der Waals surface area contributed by atoms with Gasteiger partial charge in [0.15, 0.2) is 9.84 Å². The maximum absolute atomic E-state index is 12.9. The molecule has 148 valence electrons. The molecule has 8 heteroatoms. The van der Waals surface area contributed by atoms with Crippen molar-refractivity contribution in [3.8, 4) is 0 Å². The van der Waals surface area contributed by atoms with Crippen molar-refractivity contribution < 1.29 is 18.0 Å². The van der Waals surface area contributed by atoms with Crippen LogP contribution < -0.4 is 5.32 Å². The second-order valence-corrected chi connectivity index (χ2v) is 9.29. The third kappa shape index (κ3) is 4.20. The molecular weight excluding hydrogens is 400 g/mol. The molecule has 0 spiro atoms. The standard InChI is InChI=1S/C20H21ClN2O4S/c1-13-6-5-7-15(20(25)23-10-3-4-11-23)18(13)22-19(24)16-12-14(28(2,26)27)8-9-17(16)21/h5-9,12H,3-4,10-11H2,1-2H3,(H,22,24). The molecule has 28 heavy (non-hydrogen) atoms. The Hall–Kier alpha value is -2.38. The predicted octanol–water partition coefficient (Wildman–Crippen LogP) is 3.54. The molecule has 1 fully saturated rings. The number of carbonyl (C=O) groups is 2. The summed E-state index contributed by atoms with van der Waals surface area (Å²) in [5.41, 5.74) is 1.58. The number of nitrogens with zero attached hydrogens (tertiary/aromatic N) is 1. The molecule has 1 heterocycles. The highest BCUT2D eigenvalue weighted by Gasteiger charge is 2.24. The summed E-state index contributed by atoms with van der Waals surface area (Å²) in [6.45, 7) is 3.19. The lowest BCUT2D eigenvalue weighted by atomic mass is 10.1. The number of likely N-dealkylation sites (tertiary alicyclic amines) is 1. The molecule has 2 aromatic rings. The van der Waals surface area contributed by atoms with Crippen molar-refractivity contribution in [3.63, 3.8) is 0 Å². The molecule has 1 N–H and O–H groups in total. The van der Waals surface area contributed by atoms with E-state index in [1.54, 1.807) is 30.0 Å². The molecule has 1 aliphatic rings. The van der Waals surface area contributed by atoms with Crippen LogP contribution in [0.25, 0.3) is 0 Å². The number of sulfone groups is 1. The normalized spacial score (nSPS) is 14.2. The summed E-state index contributed by atoms with van der Waals surface area (Å²) in [4.78, 5) is 27.5. The Kier molecular flexibility index (Phi) is 5.76. The van der Waals surface area contributed by atoms with Gasteiger partial charge in [-0.25, -0.2) is 8.42 Å². The zero-order chi connectivity index (χ0) is 20.5. The van der Waals surface area contributed by atoms with Crippen LogP contribution in [0, 0.1) is 6.92 Å². The molecule has 2 aromatic carbocycles. The van der Waals surface area contributed by atoms with Crippen LogP contribution in [-0.2, 0) is 9.84 Å². The van der Waals surface area contributed by atoms with Crippen LogP contribution in [0.3, 0.4) is 0 Å². The van der Waals surface area contributed by atoms with Crippen molar-refractivity contribution in [1.29, 1.82) is 0 Å². The summed E-state index contributed by atoms with van der Waals surface area (Å²) in [7, 11) is -3.49. The topological polar surface area (TPSA) is 83.6 Å². The first-order valence-corrected chi connectivity index (χ1v) is 11.2. The highest BCUT2D eigenvalue weighted by molar-refractivity contribution is 7.90. The second kappa shape index (κ2) is 7.93. The number of halogens is 1. The van der Waals surface area contributed by atoms with Gasteiger partial charge in [-0.05, 0) is 49.6 Å². The molecule has 0 saturated carbocycles. The van der Waals surface area contributed by atoms with Crippen LogP contribution in [-0.4, -0.2) is 44.5 Å². The maximum atomic E-state index is 12.9. The largest absolute Gasteiger partial charge is 0.339 e. The van der Waals surface area contributed by atoms with E-state index < -0.39 is 15.7 Å². The van der Waals surface area contributed by atoms with Gasteiger partial charge < -0.3 is 10.2 Å². The Morgan fingerprint density at radius 1 is 1.07 bits per heavy atom. The number of amides is 2. The molecule has 0 aromatic heterocycles. The van der Waals surface area contributed by atoms with Crippen molar-refractivity contribution >= 4 is 38.9 Å². The summed E-state index contributed by atoms with van der Waals surface area (Å²) in [6.07, 6.45) is 2.99. The SMILES string of the molecule is Cc1cccc(C(=O)N2CCCC2)c1NC(=O)c1cc(S(C)(=O)=O)ccc1Cl. The highest BCUT2D eigenvalue weighted by atomic mass is 35.5. The number of hydrogen-bond donors (Lipinski definition) is 1. The van der Waals surface area contributed by atoms with Crippen LogP contribution in [0.5, 0.6) is 0 Å². The van der Waals surface area contributed by atoms with Crippen LogP contribution in [0.1, 0.15) is 39.1 Å². The van der Waals surface area contributed by atoms with E-state index >= 15 is 0 Å². The van der Waals surface area contributed by atoms with Gasteiger partial charge in [-0.1, -0.05) is 23.7 Å². The molecular formula is C20H21ClN2O4S. The minimum absolute atomic E-state index is 0.000185. The monoisotopic (exact) mass is 420 g/mol. The highest BCUT2D eigenvalue weighted by Crippen LogP contribution is 2.27. The molecule has 1 saturated heterocycles. The van der Waals surface area contributed by atoms with Crippen LogP contribution in [0.4, 0.5) is 5.69 Å². The van der Waals surface area contributed by atoms with Crippen molar-refractivity contribution in [2.45, 2.75) is 24.7 Å². The lowest BCUT2D eigenvalue weighted by molar-refractivity contribution is 0.0793. The van der Waals surface area contributed by atoms with E-state index in [1.165, 1.54) is 18.2 Å². The third-order valence-electron chi connectivity index (χ3n) is 4.75. The van der Waals surface area contributed by atoms with Gasteiger partial charge in [0.1, 0.15) is 0 Å². The van der Waals surface area contributed by atoms with Crippen LogP contribution >= 0.6 is 11.6 Å². The van der Waals surface area contributed by atoms with E-state index in [0.29, 0.717) is 24.3 Å². The molecule has 0 unspecified atom stereocenters. The molecule has 6 nitrogen and oxygen atoms in total. The van der Waals surface area contributed by atoms with E-state index in [2.05, 4.69) is 5.32 Å². The number of nitrogens with one attached hydrogen (secondary N) is 1. The van der Waals surface area contributed by atoms with Gasteiger partial charge in [0.2, 0.25) is 0 Å². The van der Waals surface area contributed by atoms with E-state index in [0.717, 1.165) is 24.7 Å². The lowest BCUT2D eigenvalue weighted by Crippen LogP contribution is -2.29. The van der Waals surface area contributed by atoms with E-state index in [4.69, 9.17) is 11.6 Å². The van der Waals surface area contributed by atoms with E-state index in [1.807, 2.05) is 0 Å². The lowest BCUT2D eigenvalue weighted by Gasteiger charge is -2.19. The molecule has 0 radical (unpaired) electrons. The predicted molar refractivity (Wildman–Crippen MR) is 109 cm³/mol. The van der Waals surface area contributed by atoms with Gasteiger partial charge in [-0.2, -0.15) is 0 Å². The molecule has 0 aliphatic carbocycles. The fourth-order valence-corrected chi connectivity index (χ4v) is 4.04. The first-order chi connectivity index (χ1) is 13.2. The fourth-order valence-electron chi connectivity index (χ4n) is 3.19. The van der Waals surface area contributed by atoms with E-state index in [-0.39, 0.29) is 21.4 Å². The summed E-state index contributed by atoms with van der Waals surface area (Å²) in [6, 6.07) is 9.22. The number of anilines is 1. The zero-order valence-electron chi connectivity index (χ0n) is 15.7. The number of aryl methyl sites for hydroxylation is 1. The van der Waals surface area contributed by atoms with Crippen LogP contribution in [0.2, 0.25) is 5.02 Å².